The number of anilines is 1. The summed E-state index contributed by atoms with van der Waals surface area (Å²) in [4.78, 5) is 11.9. The van der Waals surface area contributed by atoms with Crippen molar-refractivity contribution < 1.29 is 4.79 Å². The molecule has 0 saturated carbocycles. The summed E-state index contributed by atoms with van der Waals surface area (Å²) in [6.45, 7) is 1.43. The Balaban J connectivity index is 1.76. The van der Waals surface area contributed by atoms with Gasteiger partial charge in [0.15, 0.2) is 0 Å². The zero-order chi connectivity index (χ0) is 14.8. The first-order valence-corrected chi connectivity index (χ1v) is 8.30. The molecule has 0 fully saturated rings. The van der Waals surface area contributed by atoms with E-state index in [9.17, 15) is 4.79 Å². The molecule has 1 aliphatic rings. The fourth-order valence-corrected chi connectivity index (χ4v) is 3.83. The van der Waals surface area contributed by atoms with E-state index in [0.717, 1.165) is 38.7 Å². The Kier molecular flexibility index (Phi) is 4.31. The van der Waals surface area contributed by atoms with Gasteiger partial charge >= 0.3 is 0 Å². The molecule has 0 saturated heterocycles. The number of hydrogen-bond donors (Lipinski definition) is 2. The second-order valence-corrected chi connectivity index (χ2v) is 6.84. The number of halogens is 2. The molecule has 1 aliphatic heterocycles. The minimum atomic E-state index is 0.0186. The SMILES string of the molecule is O=C1NCCc2ccc(NCc3cc(Br)cc(Br)c3)cc21. The summed E-state index contributed by atoms with van der Waals surface area (Å²) < 4.78 is 2.08. The van der Waals surface area contributed by atoms with Crippen LogP contribution in [0.4, 0.5) is 5.69 Å². The standard InChI is InChI=1S/C16H14Br2N2O/c17-12-5-10(6-13(18)7-12)9-20-14-2-1-11-3-4-19-16(21)15(11)8-14/h1-2,5-8,20H,3-4,9H2,(H,19,21). The van der Waals surface area contributed by atoms with E-state index in [1.165, 1.54) is 5.56 Å². The van der Waals surface area contributed by atoms with Crippen LogP contribution in [-0.2, 0) is 13.0 Å². The number of carbonyl (C=O) groups is 1. The van der Waals surface area contributed by atoms with E-state index in [2.05, 4.69) is 54.6 Å². The summed E-state index contributed by atoms with van der Waals surface area (Å²) in [7, 11) is 0. The maximum absolute atomic E-state index is 11.9. The van der Waals surface area contributed by atoms with Crippen molar-refractivity contribution in [2.75, 3.05) is 11.9 Å². The van der Waals surface area contributed by atoms with Gasteiger partial charge in [-0.05, 0) is 47.9 Å². The van der Waals surface area contributed by atoms with Gasteiger partial charge in [0.05, 0.1) is 0 Å². The molecule has 2 aromatic rings. The van der Waals surface area contributed by atoms with Crippen LogP contribution < -0.4 is 10.6 Å². The van der Waals surface area contributed by atoms with Crippen LogP contribution >= 0.6 is 31.9 Å². The molecule has 1 amide bonds. The minimum Gasteiger partial charge on any atom is -0.381 e. The summed E-state index contributed by atoms with van der Waals surface area (Å²) >= 11 is 6.97. The van der Waals surface area contributed by atoms with E-state index in [1.54, 1.807) is 0 Å². The molecule has 2 aromatic carbocycles. The minimum absolute atomic E-state index is 0.0186. The Hall–Kier alpha value is -1.33. The average Bonchev–Trinajstić information content (AvgIpc) is 2.45. The number of hydrogen-bond acceptors (Lipinski definition) is 2. The van der Waals surface area contributed by atoms with Crippen molar-refractivity contribution in [2.24, 2.45) is 0 Å². The van der Waals surface area contributed by atoms with Gasteiger partial charge < -0.3 is 10.6 Å². The highest BCUT2D eigenvalue weighted by atomic mass is 79.9. The average molecular weight is 410 g/mol. The van der Waals surface area contributed by atoms with E-state index >= 15 is 0 Å². The topological polar surface area (TPSA) is 41.1 Å². The van der Waals surface area contributed by atoms with Crippen LogP contribution in [0.5, 0.6) is 0 Å². The Bertz CT molecular complexity index is 680. The zero-order valence-corrected chi connectivity index (χ0v) is 14.4. The maximum atomic E-state index is 11.9. The van der Waals surface area contributed by atoms with Gasteiger partial charge in [0.2, 0.25) is 0 Å². The number of rotatable bonds is 3. The third-order valence-electron chi connectivity index (χ3n) is 3.45. The Morgan fingerprint density at radius 1 is 1.10 bits per heavy atom. The van der Waals surface area contributed by atoms with Crippen LogP contribution in [0.1, 0.15) is 21.5 Å². The van der Waals surface area contributed by atoms with Gasteiger partial charge in [-0.3, -0.25) is 4.79 Å². The molecule has 3 rings (SSSR count). The molecule has 3 nitrogen and oxygen atoms in total. The van der Waals surface area contributed by atoms with Gasteiger partial charge in [0, 0.05) is 33.3 Å². The number of amides is 1. The Morgan fingerprint density at radius 3 is 2.62 bits per heavy atom. The van der Waals surface area contributed by atoms with Gasteiger partial charge in [0.1, 0.15) is 0 Å². The maximum Gasteiger partial charge on any atom is 0.251 e. The molecule has 1 heterocycles. The molecule has 0 unspecified atom stereocenters. The first-order chi connectivity index (χ1) is 10.1. The highest BCUT2D eigenvalue weighted by Gasteiger charge is 2.16. The first-order valence-electron chi connectivity index (χ1n) is 6.72. The van der Waals surface area contributed by atoms with Crippen LogP contribution in [0.2, 0.25) is 0 Å². The van der Waals surface area contributed by atoms with Gasteiger partial charge in [-0.2, -0.15) is 0 Å². The monoisotopic (exact) mass is 408 g/mol. The molecule has 108 valence electrons. The summed E-state index contributed by atoms with van der Waals surface area (Å²) in [6.07, 6.45) is 0.903. The quantitative estimate of drug-likeness (QED) is 0.800. The van der Waals surface area contributed by atoms with Gasteiger partial charge in [-0.25, -0.2) is 0 Å². The van der Waals surface area contributed by atoms with Crippen molar-refractivity contribution in [3.63, 3.8) is 0 Å². The first kappa shape index (κ1) is 14.6. The van der Waals surface area contributed by atoms with E-state index < -0.39 is 0 Å². The summed E-state index contributed by atoms with van der Waals surface area (Å²) in [5.41, 5.74) is 4.02. The van der Waals surface area contributed by atoms with Gasteiger partial charge in [-0.1, -0.05) is 37.9 Å². The molecule has 0 atom stereocenters. The third kappa shape index (κ3) is 3.47. The van der Waals surface area contributed by atoms with Crippen molar-refractivity contribution in [3.8, 4) is 0 Å². The molecule has 2 N–H and O–H groups in total. The lowest BCUT2D eigenvalue weighted by molar-refractivity contribution is 0.0946. The van der Waals surface area contributed by atoms with Crippen molar-refractivity contribution >= 4 is 43.5 Å². The third-order valence-corrected chi connectivity index (χ3v) is 4.37. The molecular formula is C16H14Br2N2O. The van der Waals surface area contributed by atoms with Crippen LogP contribution in [-0.4, -0.2) is 12.5 Å². The van der Waals surface area contributed by atoms with Crippen LogP contribution in [0.15, 0.2) is 45.3 Å². The number of nitrogens with one attached hydrogen (secondary N) is 2. The normalized spacial score (nSPS) is 13.5. The summed E-state index contributed by atoms with van der Waals surface area (Å²) in [5.74, 6) is 0.0186. The van der Waals surface area contributed by atoms with E-state index in [1.807, 2.05) is 24.3 Å². The molecule has 0 spiro atoms. The van der Waals surface area contributed by atoms with Crippen molar-refractivity contribution in [3.05, 3.63) is 62.0 Å². The largest absolute Gasteiger partial charge is 0.381 e. The van der Waals surface area contributed by atoms with Crippen molar-refractivity contribution in [2.45, 2.75) is 13.0 Å². The predicted octanol–water partition coefficient (Wildman–Crippen LogP) is 4.11. The molecule has 0 radical (unpaired) electrons. The summed E-state index contributed by atoms with van der Waals surface area (Å²) in [5, 5.41) is 6.24. The van der Waals surface area contributed by atoms with Gasteiger partial charge in [0.25, 0.3) is 5.91 Å². The van der Waals surface area contributed by atoms with Crippen molar-refractivity contribution in [1.29, 1.82) is 0 Å². The molecule has 5 heteroatoms. The van der Waals surface area contributed by atoms with Crippen LogP contribution in [0.3, 0.4) is 0 Å². The van der Waals surface area contributed by atoms with E-state index in [4.69, 9.17) is 0 Å². The Morgan fingerprint density at radius 2 is 1.86 bits per heavy atom. The molecule has 21 heavy (non-hydrogen) atoms. The van der Waals surface area contributed by atoms with E-state index in [0.29, 0.717) is 6.54 Å². The zero-order valence-electron chi connectivity index (χ0n) is 11.2. The van der Waals surface area contributed by atoms with Gasteiger partial charge in [-0.15, -0.1) is 0 Å². The van der Waals surface area contributed by atoms with E-state index in [-0.39, 0.29) is 5.91 Å². The molecular weight excluding hydrogens is 396 g/mol. The molecule has 0 aromatic heterocycles. The lowest BCUT2D eigenvalue weighted by Crippen LogP contribution is -2.31. The van der Waals surface area contributed by atoms with Crippen LogP contribution in [0, 0.1) is 0 Å². The van der Waals surface area contributed by atoms with Crippen molar-refractivity contribution in [1.82, 2.24) is 5.32 Å². The predicted molar refractivity (Wildman–Crippen MR) is 91.6 cm³/mol. The Labute approximate surface area is 140 Å². The highest BCUT2D eigenvalue weighted by Crippen LogP contribution is 2.22. The van der Waals surface area contributed by atoms with Crippen LogP contribution in [0.25, 0.3) is 0 Å². The number of benzene rings is 2. The number of carbonyl (C=O) groups excluding carboxylic acids is 1. The summed E-state index contributed by atoms with van der Waals surface area (Å²) in [6, 6.07) is 12.1. The fraction of sp³-hybridized carbons (Fsp3) is 0.188. The second-order valence-electron chi connectivity index (χ2n) is 5.01. The fourth-order valence-electron chi connectivity index (χ4n) is 2.44. The smallest absolute Gasteiger partial charge is 0.251 e. The second kappa shape index (κ2) is 6.20. The lowest BCUT2D eigenvalue weighted by Gasteiger charge is -2.17. The number of fused-ring (bicyclic) bond motifs is 1. The molecule has 0 aliphatic carbocycles. The lowest BCUT2D eigenvalue weighted by atomic mass is 10.00. The highest BCUT2D eigenvalue weighted by molar-refractivity contribution is 9.11. The molecule has 0 bridgehead atoms.